The summed E-state index contributed by atoms with van der Waals surface area (Å²) in [5.41, 5.74) is 8.50. The van der Waals surface area contributed by atoms with Gasteiger partial charge in [-0.2, -0.15) is 4.98 Å². The lowest BCUT2D eigenvalue weighted by Crippen LogP contribution is -2.38. The van der Waals surface area contributed by atoms with Gasteiger partial charge in [-0.25, -0.2) is 0 Å². The number of nitrogens with zero attached hydrogens (tertiary/aromatic N) is 2. The first kappa shape index (κ1) is 13.3. The quantitative estimate of drug-likeness (QED) is 0.932. The molecule has 1 aromatic heterocycles. The third-order valence-electron chi connectivity index (χ3n) is 4.43. The number of hydrogen-bond acceptors (Lipinski definition) is 4. The van der Waals surface area contributed by atoms with Crippen LogP contribution in [0.25, 0.3) is 0 Å². The highest BCUT2D eigenvalue weighted by Gasteiger charge is 2.42. The van der Waals surface area contributed by atoms with E-state index in [0.717, 1.165) is 25.1 Å². The van der Waals surface area contributed by atoms with Crippen molar-refractivity contribution in [1.82, 2.24) is 10.1 Å². The highest BCUT2D eigenvalue weighted by Crippen LogP contribution is 2.38. The van der Waals surface area contributed by atoms with Gasteiger partial charge in [-0.3, -0.25) is 0 Å². The molecule has 0 spiro atoms. The zero-order chi connectivity index (χ0) is 14.2. The molecular weight excluding hydrogens is 250 g/mol. The third kappa shape index (κ3) is 2.36. The summed E-state index contributed by atoms with van der Waals surface area (Å²) in [5, 5.41) is 4.12. The van der Waals surface area contributed by atoms with Gasteiger partial charge in [-0.1, -0.05) is 41.4 Å². The van der Waals surface area contributed by atoms with Crippen molar-refractivity contribution in [3.63, 3.8) is 0 Å². The van der Waals surface area contributed by atoms with Crippen LogP contribution >= 0.6 is 0 Å². The average molecular weight is 271 g/mol. The van der Waals surface area contributed by atoms with Gasteiger partial charge in [0.25, 0.3) is 0 Å². The van der Waals surface area contributed by atoms with Crippen LogP contribution in [0.1, 0.15) is 49.0 Å². The summed E-state index contributed by atoms with van der Waals surface area (Å²) in [6.07, 6.45) is 3.90. The second kappa shape index (κ2) is 5.02. The van der Waals surface area contributed by atoms with Crippen LogP contribution in [0, 0.1) is 6.92 Å². The van der Waals surface area contributed by atoms with Crippen LogP contribution in [0.2, 0.25) is 0 Å². The van der Waals surface area contributed by atoms with Crippen LogP contribution in [0.15, 0.2) is 28.8 Å². The first-order valence-electron chi connectivity index (χ1n) is 7.22. The van der Waals surface area contributed by atoms with Crippen molar-refractivity contribution in [1.29, 1.82) is 0 Å². The lowest BCUT2D eigenvalue weighted by molar-refractivity contribution is 0.276. The van der Waals surface area contributed by atoms with E-state index in [4.69, 9.17) is 10.3 Å². The van der Waals surface area contributed by atoms with Gasteiger partial charge in [0.2, 0.25) is 5.89 Å². The highest BCUT2D eigenvalue weighted by atomic mass is 16.5. The molecule has 0 amide bonds. The standard InChI is InChI=1S/C16H21N3O/c1-11-5-3-6-12(9-11)10-14-18-15(20-19-14)16(2)8-4-7-13(16)17/h3,5-6,9,13H,4,7-8,10,17H2,1-2H3. The first-order chi connectivity index (χ1) is 9.58. The topological polar surface area (TPSA) is 64.9 Å². The minimum atomic E-state index is -0.155. The van der Waals surface area contributed by atoms with E-state index < -0.39 is 0 Å². The van der Waals surface area contributed by atoms with Gasteiger partial charge in [0, 0.05) is 12.5 Å². The van der Waals surface area contributed by atoms with E-state index in [2.05, 4.69) is 48.3 Å². The lowest BCUT2D eigenvalue weighted by Gasteiger charge is -2.23. The summed E-state index contributed by atoms with van der Waals surface area (Å²) >= 11 is 0. The molecule has 20 heavy (non-hydrogen) atoms. The fraction of sp³-hybridized carbons (Fsp3) is 0.500. The average Bonchev–Trinajstić information content (AvgIpc) is 2.99. The monoisotopic (exact) mass is 271 g/mol. The molecule has 0 bridgehead atoms. The van der Waals surface area contributed by atoms with Crippen molar-refractivity contribution in [3.05, 3.63) is 47.1 Å². The second-order valence-corrected chi connectivity index (χ2v) is 6.10. The predicted octanol–water partition coefficient (Wildman–Crippen LogP) is 2.74. The van der Waals surface area contributed by atoms with Crippen molar-refractivity contribution >= 4 is 0 Å². The lowest BCUT2D eigenvalue weighted by atomic mass is 9.85. The Balaban J connectivity index is 1.80. The van der Waals surface area contributed by atoms with Crippen molar-refractivity contribution in [3.8, 4) is 0 Å². The first-order valence-corrected chi connectivity index (χ1v) is 7.22. The van der Waals surface area contributed by atoms with Crippen molar-refractivity contribution in [2.75, 3.05) is 0 Å². The molecule has 2 N–H and O–H groups in total. The van der Waals surface area contributed by atoms with Crippen molar-refractivity contribution in [2.45, 2.75) is 51.0 Å². The number of hydrogen-bond donors (Lipinski definition) is 1. The number of benzene rings is 1. The molecule has 106 valence electrons. The minimum absolute atomic E-state index is 0.120. The van der Waals surface area contributed by atoms with Crippen LogP contribution in [-0.4, -0.2) is 16.2 Å². The van der Waals surface area contributed by atoms with Crippen LogP contribution in [-0.2, 0) is 11.8 Å². The molecule has 4 nitrogen and oxygen atoms in total. The molecule has 2 unspecified atom stereocenters. The van der Waals surface area contributed by atoms with Crippen molar-refractivity contribution in [2.24, 2.45) is 5.73 Å². The highest BCUT2D eigenvalue weighted by molar-refractivity contribution is 5.25. The molecule has 0 saturated heterocycles. The van der Waals surface area contributed by atoms with Crippen LogP contribution in [0.5, 0.6) is 0 Å². The number of nitrogens with two attached hydrogens (primary N) is 1. The van der Waals surface area contributed by atoms with E-state index in [0.29, 0.717) is 12.3 Å². The van der Waals surface area contributed by atoms with E-state index >= 15 is 0 Å². The normalized spacial score (nSPS) is 26.1. The zero-order valence-electron chi connectivity index (χ0n) is 12.1. The van der Waals surface area contributed by atoms with E-state index in [1.165, 1.54) is 11.1 Å². The largest absolute Gasteiger partial charge is 0.339 e. The van der Waals surface area contributed by atoms with Gasteiger partial charge in [0.1, 0.15) is 0 Å². The van der Waals surface area contributed by atoms with Gasteiger partial charge in [0.05, 0.1) is 5.41 Å². The fourth-order valence-electron chi connectivity index (χ4n) is 3.02. The Morgan fingerprint density at radius 3 is 3.00 bits per heavy atom. The Hall–Kier alpha value is -1.68. The maximum absolute atomic E-state index is 6.20. The van der Waals surface area contributed by atoms with Gasteiger partial charge in [0.15, 0.2) is 5.82 Å². The third-order valence-corrected chi connectivity index (χ3v) is 4.43. The summed E-state index contributed by atoms with van der Waals surface area (Å²) in [4.78, 5) is 4.58. The molecule has 2 atom stereocenters. The van der Waals surface area contributed by atoms with Crippen LogP contribution in [0.3, 0.4) is 0 Å². The van der Waals surface area contributed by atoms with Gasteiger partial charge < -0.3 is 10.3 Å². The van der Waals surface area contributed by atoms with Gasteiger partial charge in [-0.15, -0.1) is 0 Å². The molecular formula is C16H21N3O. The van der Waals surface area contributed by atoms with E-state index in [9.17, 15) is 0 Å². The van der Waals surface area contributed by atoms with E-state index in [-0.39, 0.29) is 11.5 Å². The maximum Gasteiger partial charge on any atom is 0.234 e. The Morgan fingerprint density at radius 2 is 2.30 bits per heavy atom. The number of rotatable bonds is 3. The second-order valence-electron chi connectivity index (χ2n) is 6.10. The molecule has 1 aliphatic carbocycles. The Labute approximate surface area is 119 Å². The molecule has 1 fully saturated rings. The smallest absolute Gasteiger partial charge is 0.234 e. The molecule has 1 heterocycles. The molecule has 2 aromatic rings. The maximum atomic E-state index is 6.20. The van der Waals surface area contributed by atoms with Crippen LogP contribution < -0.4 is 5.73 Å². The molecule has 1 saturated carbocycles. The molecule has 1 aromatic carbocycles. The van der Waals surface area contributed by atoms with E-state index in [1.54, 1.807) is 0 Å². The summed E-state index contributed by atoms with van der Waals surface area (Å²) in [6, 6.07) is 8.50. The molecule has 4 heteroatoms. The zero-order valence-corrected chi connectivity index (χ0v) is 12.1. The Morgan fingerprint density at radius 1 is 1.45 bits per heavy atom. The fourth-order valence-corrected chi connectivity index (χ4v) is 3.02. The summed E-state index contributed by atoms with van der Waals surface area (Å²) in [7, 11) is 0. The number of aryl methyl sites for hydroxylation is 1. The SMILES string of the molecule is Cc1cccc(Cc2noc(C3(C)CCCC3N)n2)c1. The molecule has 0 radical (unpaired) electrons. The molecule has 0 aliphatic heterocycles. The Kier molecular flexibility index (Phi) is 3.34. The summed E-state index contributed by atoms with van der Waals surface area (Å²) < 4.78 is 5.48. The van der Waals surface area contributed by atoms with Crippen molar-refractivity contribution < 1.29 is 4.52 Å². The summed E-state index contributed by atoms with van der Waals surface area (Å²) in [5.74, 6) is 1.44. The number of aromatic nitrogens is 2. The molecule has 1 aliphatic rings. The predicted molar refractivity (Wildman–Crippen MR) is 77.5 cm³/mol. The van der Waals surface area contributed by atoms with Gasteiger partial charge >= 0.3 is 0 Å². The van der Waals surface area contributed by atoms with Gasteiger partial charge in [-0.05, 0) is 32.3 Å². The Bertz CT molecular complexity index is 607. The van der Waals surface area contributed by atoms with E-state index in [1.807, 2.05) is 0 Å². The van der Waals surface area contributed by atoms with Crippen LogP contribution in [0.4, 0.5) is 0 Å². The molecule has 3 rings (SSSR count). The minimum Gasteiger partial charge on any atom is -0.339 e. The summed E-state index contributed by atoms with van der Waals surface area (Å²) in [6.45, 7) is 4.22.